The van der Waals surface area contributed by atoms with Crippen LogP contribution < -0.4 is 5.32 Å². The Labute approximate surface area is 105 Å². The van der Waals surface area contributed by atoms with Crippen molar-refractivity contribution in [2.75, 3.05) is 18.5 Å². The number of aliphatic hydroxyl groups excluding tert-OH is 1. The molecule has 96 valence electrons. The molecule has 6 heteroatoms. The van der Waals surface area contributed by atoms with Gasteiger partial charge >= 0.3 is 5.69 Å². The summed E-state index contributed by atoms with van der Waals surface area (Å²) in [6, 6.07) is 6.44. The SMILES string of the molecule is N#Cc1cccc(NCCCCCO)c1[N+](=O)[O-]. The van der Waals surface area contributed by atoms with E-state index in [1.54, 1.807) is 12.1 Å². The van der Waals surface area contributed by atoms with Gasteiger partial charge in [-0.25, -0.2) is 0 Å². The van der Waals surface area contributed by atoms with Crippen molar-refractivity contribution in [2.24, 2.45) is 0 Å². The van der Waals surface area contributed by atoms with Gasteiger partial charge in [0.05, 0.1) is 4.92 Å². The Morgan fingerprint density at radius 1 is 1.39 bits per heavy atom. The van der Waals surface area contributed by atoms with Crippen molar-refractivity contribution < 1.29 is 10.0 Å². The molecule has 0 amide bonds. The molecule has 0 bridgehead atoms. The molecule has 0 spiro atoms. The fourth-order valence-electron chi connectivity index (χ4n) is 1.61. The van der Waals surface area contributed by atoms with E-state index in [4.69, 9.17) is 10.4 Å². The fraction of sp³-hybridized carbons (Fsp3) is 0.417. The molecular formula is C12H15N3O3. The summed E-state index contributed by atoms with van der Waals surface area (Å²) in [5, 5.41) is 31.3. The predicted molar refractivity (Wildman–Crippen MR) is 67.2 cm³/mol. The molecule has 1 rings (SSSR count). The van der Waals surface area contributed by atoms with Gasteiger partial charge in [0.15, 0.2) is 0 Å². The van der Waals surface area contributed by atoms with E-state index in [1.165, 1.54) is 6.07 Å². The first-order chi connectivity index (χ1) is 8.70. The van der Waals surface area contributed by atoms with Gasteiger partial charge in [0, 0.05) is 13.2 Å². The van der Waals surface area contributed by atoms with Crippen LogP contribution >= 0.6 is 0 Å². The first-order valence-electron chi connectivity index (χ1n) is 5.73. The predicted octanol–water partition coefficient (Wildman–Crippen LogP) is 2.04. The number of para-hydroxylation sites is 1. The van der Waals surface area contributed by atoms with Crippen molar-refractivity contribution in [1.82, 2.24) is 0 Å². The number of aliphatic hydroxyl groups is 1. The van der Waals surface area contributed by atoms with E-state index in [-0.39, 0.29) is 17.9 Å². The Hall–Kier alpha value is -2.13. The van der Waals surface area contributed by atoms with Crippen LogP contribution in [0.1, 0.15) is 24.8 Å². The monoisotopic (exact) mass is 249 g/mol. The number of nitro benzene ring substituents is 1. The molecule has 0 saturated carbocycles. The molecule has 2 N–H and O–H groups in total. The molecule has 0 heterocycles. The highest BCUT2D eigenvalue weighted by Crippen LogP contribution is 2.27. The van der Waals surface area contributed by atoms with Gasteiger partial charge in [0.1, 0.15) is 17.3 Å². The number of hydrogen-bond acceptors (Lipinski definition) is 5. The highest BCUT2D eigenvalue weighted by atomic mass is 16.6. The van der Waals surface area contributed by atoms with E-state index < -0.39 is 4.92 Å². The van der Waals surface area contributed by atoms with Crippen molar-refractivity contribution in [3.8, 4) is 6.07 Å². The van der Waals surface area contributed by atoms with Gasteiger partial charge in [-0.2, -0.15) is 5.26 Å². The van der Waals surface area contributed by atoms with Crippen LogP contribution in [0, 0.1) is 21.4 Å². The van der Waals surface area contributed by atoms with Gasteiger partial charge in [-0.3, -0.25) is 10.1 Å². The number of unbranched alkanes of at least 4 members (excludes halogenated alkanes) is 2. The van der Waals surface area contributed by atoms with Crippen molar-refractivity contribution in [2.45, 2.75) is 19.3 Å². The fourth-order valence-corrected chi connectivity index (χ4v) is 1.61. The molecule has 0 fully saturated rings. The van der Waals surface area contributed by atoms with Crippen LogP contribution in [0.4, 0.5) is 11.4 Å². The van der Waals surface area contributed by atoms with Crippen molar-refractivity contribution in [1.29, 1.82) is 5.26 Å². The molecule has 6 nitrogen and oxygen atoms in total. The first-order valence-corrected chi connectivity index (χ1v) is 5.73. The first kappa shape index (κ1) is 13.9. The third kappa shape index (κ3) is 3.71. The van der Waals surface area contributed by atoms with Gasteiger partial charge in [-0.1, -0.05) is 6.07 Å². The molecule has 0 aromatic heterocycles. The lowest BCUT2D eigenvalue weighted by molar-refractivity contribution is -0.384. The highest BCUT2D eigenvalue weighted by Gasteiger charge is 2.18. The summed E-state index contributed by atoms with van der Waals surface area (Å²) in [7, 11) is 0. The van der Waals surface area contributed by atoms with Gasteiger partial charge in [-0.15, -0.1) is 0 Å². The number of hydrogen-bond donors (Lipinski definition) is 2. The summed E-state index contributed by atoms with van der Waals surface area (Å²) in [5.74, 6) is 0. The second-order valence-electron chi connectivity index (χ2n) is 3.78. The van der Waals surface area contributed by atoms with Crippen LogP contribution in [0.2, 0.25) is 0 Å². The Morgan fingerprint density at radius 2 is 2.17 bits per heavy atom. The summed E-state index contributed by atoms with van der Waals surface area (Å²) < 4.78 is 0. The van der Waals surface area contributed by atoms with E-state index in [0.29, 0.717) is 12.2 Å². The Morgan fingerprint density at radius 3 is 2.78 bits per heavy atom. The summed E-state index contributed by atoms with van der Waals surface area (Å²) >= 11 is 0. The lowest BCUT2D eigenvalue weighted by Gasteiger charge is -2.07. The molecule has 0 radical (unpaired) electrons. The highest BCUT2D eigenvalue weighted by molar-refractivity contribution is 5.68. The van der Waals surface area contributed by atoms with Gasteiger partial charge < -0.3 is 10.4 Å². The Balaban J connectivity index is 2.71. The topological polar surface area (TPSA) is 99.2 Å². The molecule has 0 aliphatic rings. The standard InChI is InChI=1S/C12H15N3O3/c13-9-10-5-4-6-11(12(10)15(17)18)14-7-2-1-3-8-16/h4-6,14,16H,1-3,7-8H2. The van der Waals surface area contributed by atoms with Gasteiger partial charge in [0.2, 0.25) is 0 Å². The van der Waals surface area contributed by atoms with Crippen LogP contribution in [0.3, 0.4) is 0 Å². The van der Waals surface area contributed by atoms with Crippen molar-refractivity contribution in [3.05, 3.63) is 33.9 Å². The third-order valence-electron chi connectivity index (χ3n) is 2.49. The zero-order valence-electron chi connectivity index (χ0n) is 9.93. The normalized spacial score (nSPS) is 9.78. The van der Waals surface area contributed by atoms with Gasteiger partial charge in [0.25, 0.3) is 0 Å². The number of nitrogens with one attached hydrogen (secondary N) is 1. The maximum atomic E-state index is 10.9. The summed E-state index contributed by atoms with van der Waals surface area (Å²) in [5.41, 5.74) is 0.241. The smallest absolute Gasteiger partial charge is 0.309 e. The number of anilines is 1. The van der Waals surface area contributed by atoms with E-state index in [0.717, 1.165) is 19.3 Å². The zero-order chi connectivity index (χ0) is 13.4. The minimum Gasteiger partial charge on any atom is -0.396 e. The zero-order valence-corrected chi connectivity index (χ0v) is 9.93. The number of benzene rings is 1. The lowest BCUT2D eigenvalue weighted by Crippen LogP contribution is -2.05. The maximum absolute atomic E-state index is 10.9. The van der Waals surface area contributed by atoms with Crippen LogP contribution in [0.25, 0.3) is 0 Å². The van der Waals surface area contributed by atoms with E-state index >= 15 is 0 Å². The quantitative estimate of drug-likeness (QED) is 0.437. The second-order valence-corrected chi connectivity index (χ2v) is 3.78. The molecule has 0 atom stereocenters. The average molecular weight is 249 g/mol. The van der Waals surface area contributed by atoms with Crippen LogP contribution in [-0.4, -0.2) is 23.2 Å². The lowest BCUT2D eigenvalue weighted by atomic mass is 10.1. The molecule has 18 heavy (non-hydrogen) atoms. The molecule has 1 aromatic carbocycles. The van der Waals surface area contributed by atoms with E-state index in [9.17, 15) is 10.1 Å². The number of nitrogens with zero attached hydrogens (tertiary/aromatic N) is 2. The third-order valence-corrected chi connectivity index (χ3v) is 2.49. The van der Waals surface area contributed by atoms with E-state index in [2.05, 4.69) is 5.32 Å². The summed E-state index contributed by atoms with van der Waals surface area (Å²) in [4.78, 5) is 10.4. The van der Waals surface area contributed by atoms with Crippen LogP contribution in [-0.2, 0) is 0 Å². The number of rotatable bonds is 7. The van der Waals surface area contributed by atoms with Crippen molar-refractivity contribution in [3.63, 3.8) is 0 Å². The summed E-state index contributed by atoms with van der Waals surface area (Å²) in [6.45, 7) is 0.736. The largest absolute Gasteiger partial charge is 0.396 e. The van der Waals surface area contributed by atoms with E-state index in [1.807, 2.05) is 6.07 Å². The minimum absolute atomic E-state index is 0.0559. The number of nitriles is 1. The Bertz CT molecular complexity index is 454. The summed E-state index contributed by atoms with van der Waals surface area (Å²) in [6.07, 6.45) is 2.39. The van der Waals surface area contributed by atoms with Gasteiger partial charge in [-0.05, 0) is 31.4 Å². The molecule has 0 aliphatic heterocycles. The second kappa shape index (κ2) is 7.25. The molecule has 0 aliphatic carbocycles. The Kier molecular flexibility index (Phi) is 5.61. The molecule has 0 unspecified atom stereocenters. The van der Waals surface area contributed by atoms with Crippen molar-refractivity contribution >= 4 is 11.4 Å². The molecule has 0 saturated heterocycles. The number of nitro groups is 1. The minimum atomic E-state index is -0.547. The molecular weight excluding hydrogens is 234 g/mol. The van der Waals surface area contributed by atoms with Crippen LogP contribution in [0.15, 0.2) is 18.2 Å². The molecule has 1 aromatic rings. The maximum Gasteiger partial charge on any atom is 0.309 e. The van der Waals surface area contributed by atoms with Crippen LogP contribution in [0.5, 0.6) is 0 Å². The average Bonchev–Trinajstić information content (AvgIpc) is 2.37.